The molecule has 6 heteroatoms. The van der Waals surface area contributed by atoms with Crippen LogP contribution in [0.4, 0.5) is 13.2 Å². The van der Waals surface area contributed by atoms with Crippen molar-refractivity contribution < 1.29 is 17.9 Å². The van der Waals surface area contributed by atoms with Gasteiger partial charge in [0.05, 0.1) is 0 Å². The molecule has 1 N–H and O–H groups in total. The smallest absolute Gasteiger partial charge is 0.372 e. The number of halogens is 3. The van der Waals surface area contributed by atoms with Crippen LogP contribution in [0.3, 0.4) is 0 Å². The Morgan fingerprint density at radius 1 is 1.28 bits per heavy atom. The van der Waals surface area contributed by atoms with Crippen LogP contribution in [0.1, 0.15) is 12.0 Å². The Hall–Kier alpha value is -1.14. The SMILES string of the molecule is FC(F)(F)COCCCNCCc1cccnc1. The van der Waals surface area contributed by atoms with Crippen molar-refractivity contribution in [2.75, 3.05) is 26.3 Å². The lowest BCUT2D eigenvalue weighted by molar-refractivity contribution is -0.173. The van der Waals surface area contributed by atoms with Gasteiger partial charge in [-0.2, -0.15) is 13.2 Å². The zero-order valence-electron chi connectivity index (χ0n) is 10.0. The molecule has 0 aliphatic heterocycles. The van der Waals surface area contributed by atoms with Crippen molar-refractivity contribution in [2.24, 2.45) is 0 Å². The predicted octanol–water partition coefficient (Wildman–Crippen LogP) is 2.18. The summed E-state index contributed by atoms with van der Waals surface area (Å²) in [5, 5.41) is 3.14. The first-order valence-electron chi connectivity index (χ1n) is 5.82. The molecule has 0 aliphatic carbocycles. The van der Waals surface area contributed by atoms with Gasteiger partial charge in [0.2, 0.25) is 0 Å². The van der Waals surface area contributed by atoms with E-state index in [1.165, 1.54) is 0 Å². The van der Waals surface area contributed by atoms with Crippen LogP contribution in [0.25, 0.3) is 0 Å². The van der Waals surface area contributed by atoms with Gasteiger partial charge in [-0.3, -0.25) is 4.98 Å². The molecule has 0 unspecified atom stereocenters. The molecule has 18 heavy (non-hydrogen) atoms. The molecule has 3 nitrogen and oxygen atoms in total. The van der Waals surface area contributed by atoms with E-state index in [4.69, 9.17) is 0 Å². The van der Waals surface area contributed by atoms with Gasteiger partial charge in [0.1, 0.15) is 6.61 Å². The van der Waals surface area contributed by atoms with E-state index in [2.05, 4.69) is 15.0 Å². The van der Waals surface area contributed by atoms with Crippen LogP contribution >= 0.6 is 0 Å². The lowest BCUT2D eigenvalue weighted by Crippen LogP contribution is -2.22. The highest BCUT2D eigenvalue weighted by molar-refractivity contribution is 5.08. The van der Waals surface area contributed by atoms with E-state index < -0.39 is 12.8 Å². The van der Waals surface area contributed by atoms with E-state index in [0.717, 1.165) is 18.5 Å². The molecule has 0 amide bonds. The van der Waals surface area contributed by atoms with Gasteiger partial charge >= 0.3 is 6.18 Å². The Morgan fingerprint density at radius 2 is 2.11 bits per heavy atom. The number of nitrogens with zero attached hydrogens (tertiary/aromatic N) is 1. The van der Waals surface area contributed by atoms with Crippen molar-refractivity contribution in [3.05, 3.63) is 30.1 Å². The number of pyridine rings is 1. The van der Waals surface area contributed by atoms with Crippen LogP contribution in [0.15, 0.2) is 24.5 Å². The summed E-state index contributed by atoms with van der Waals surface area (Å²) < 4.78 is 39.7. The summed E-state index contributed by atoms with van der Waals surface area (Å²) in [5.74, 6) is 0. The highest BCUT2D eigenvalue weighted by atomic mass is 19.4. The number of aromatic nitrogens is 1. The molecule has 0 saturated carbocycles. The van der Waals surface area contributed by atoms with E-state index in [1.807, 2.05) is 12.1 Å². The molecule has 1 aromatic rings. The van der Waals surface area contributed by atoms with Crippen molar-refractivity contribution in [2.45, 2.75) is 19.0 Å². The molecule has 0 saturated heterocycles. The largest absolute Gasteiger partial charge is 0.411 e. The normalized spacial score (nSPS) is 11.7. The third-order valence-corrected chi connectivity index (χ3v) is 2.22. The molecule has 0 aliphatic rings. The van der Waals surface area contributed by atoms with Crippen molar-refractivity contribution >= 4 is 0 Å². The number of rotatable bonds is 8. The van der Waals surface area contributed by atoms with E-state index in [1.54, 1.807) is 12.4 Å². The van der Waals surface area contributed by atoms with Crippen LogP contribution in [-0.4, -0.2) is 37.5 Å². The Bertz CT molecular complexity index is 317. The zero-order chi connectivity index (χ0) is 13.3. The summed E-state index contributed by atoms with van der Waals surface area (Å²) in [6, 6.07) is 3.86. The minimum atomic E-state index is -4.23. The molecule has 1 rings (SSSR count). The minimum absolute atomic E-state index is 0.124. The molecular formula is C12H17F3N2O. The van der Waals surface area contributed by atoms with Crippen molar-refractivity contribution in [1.82, 2.24) is 10.3 Å². The highest BCUT2D eigenvalue weighted by Gasteiger charge is 2.27. The summed E-state index contributed by atoms with van der Waals surface area (Å²) >= 11 is 0. The first-order chi connectivity index (χ1) is 8.58. The molecule has 0 fully saturated rings. The zero-order valence-corrected chi connectivity index (χ0v) is 10.0. The first kappa shape index (κ1) is 14.9. The van der Waals surface area contributed by atoms with Gasteiger partial charge in [0.15, 0.2) is 0 Å². The summed E-state index contributed by atoms with van der Waals surface area (Å²) in [6.45, 7) is 0.394. The van der Waals surface area contributed by atoms with Crippen LogP contribution < -0.4 is 5.32 Å². The summed E-state index contributed by atoms with van der Waals surface area (Å²) in [6.07, 6.45) is 0.719. The lowest BCUT2D eigenvalue weighted by Gasteiger charge is -2.08. The van der Waals surface area contributed by atoms with E-state index in [0.29, 0.717) is 13.0 Å². The Morgan fingerprint density at radius 3 is 2.78 bits per heavy atom. The molecule has 0 atom stereocenters. The maximum absolute atomic E-state index is 11.7. The minimum Gasteiger partial charge on any atom is -0.372 e. The van der Waals surface area contributed by atoms with Gasteiger partial charge in [0.25, 0.3) is 0 Å². The molecule has 0 radical (unpaired) electrons. The summed E-state index contributed by atoms with van der Waals surface area (Å²) in [7, 11) is 0. The van der Waals surface area contributed by atoms with Gasteiger partial charge in [-0.1, -0.05) is 6.07 Å². The fourth-order valence-electron chi connectivity index (χ4n) is 1.39. The number of hydrogen-bond donors (Lipinski definition) is 1. The van der Waals surface area contributed by atoms with Gasteiger partial charge in [-0.05, 0) is 37.6 Å². The Kier molecular flexibility index (Phi) is 6.67. The molecule has 102 valence electrons. The highest BCUT2D eigenvalue weighted by Crippen LogP contribution is 2.14. The molecule has 0 bridgehead atoms. The monoisotopic (exact) mass is 262 g/mol. The Labute approximate surface area is 104 Å². The van der Waals surface area contributed by atoms with E-state index in [-0.39, 0.29) is 6.61 Å². The topological polar surface area (TPSA) is 34.1 Å². The maximum Gasteiger partial charge on any atom is 0.411 e. The van der Waals surface area contributed by atoms with Gasteiger partial charge < -0.3 is 10.1 Å². The molecule has 0 spiro atoms. The lowest BCUT2D eigenvalue weighted by atomic mass is 10.2. The average Bonchev–Trinajstić information content (AvgIpc) is 2.32. The predicted molar refractivity (Wildman–Crippen MR) is 62.3 cm³/mol. The van der Waals surface area contributed by atoms with Crippen molar-refractivity contribution in [1.29, 1.82) is 0 Å². The Balaban J connectivity index is 1.90. The standard InChI is InChI=1S/C12H17F3N2O/c13-12(14,15)10-18-8-2-6-16-7-4-11-3-1-5-17-9-11/h1,3,5,9,16H,2,4,6-8,10H2. The number of nitrogens with one attached hydrogen (secondary N) is 1. The third kappa shape index (κ3) is 8.03. The third-order valence-electron chi connectivity index (χ3n) is 2.22. The van der Waals surface area contributed by atoms with Crippen LogP contribution in [-0.2, 0) is 11.2 Å². The second-order valence-corrected chi connectivity index (χ2v) is 3.88. The fraction of sp³-hybridized carbons (Fsp3) is 0.583. The van der Waals surface area contributed by atoms with E-state index in [9.17, 15) is 13.2 Å². The van der Waals surface area contributed by atoms with Crippen molar-refractivity contribution in [3.8, 4) is 0 Å². The van der Waals surface area contributed by atoms with Gasteiger partial charge in [-0.25, -0.2) is 0 Å². The average molecular weight is 262 g/mol. The second-order valence-electron chi connectivity index (χ2n) is 3.88. The molecule has 1 aromatic heterocycles. The summed E-state index contributed by atoms with van der Waals surface area (Å²) in [4.78, 5) is 3.99. The number of alkyl halides is 3. The maximum atomic E-state index is 11.7. The molecule has 0 aromatic carbocycles. The van der Waals surface area contributed by atoms with E-state index >= 15 is 0 Å². The van der Waals surface area contributed by atoms with Gasteiger partial charge in [-0.15, -0.1) is 0 Å². The number of ether oxygens (including phenoxy) is 1. The molecular weight excluding hydrogens is 245 g/mol. The summed E-state index contributed by atoms with van der Waals surface area (Å²) in [5.41, 5.74) is 1.14. The van der Waals surface area contributed by atoms with Crippen molar-refractivity contribution in [3.63, 3.8) is 0 Å². The quantitative estimate of drug-likeness (QED) is 0.729. The number of hydrogen-bond acceptors (Lipinski definition) is 3. The second kappa shape index (κ2) is 8.05. The molecule has 1 heterocycles. The van der Waals surface area contributed by atoms with Crippen LogP contribution in [0.2, 0.25) is 0 Å². The first-order valence-corrected chi connectivity index (χ1v) is 5.82. The van der Waals surface area contributed by atoms with Gasteiger partial charge in [0, 0.05) is 19.0 Å². The van der Waals surface area contributed by atoms with Crippen LogP contribution in [0.5, 0.6) is 0 Å². The fourth-order valence-corrected chi connectivity index (χ4v) is 1.39. The van der Waals surface area contributed by atoms with Crippen LogP contribution in [0, 0.1) is 0 Å².